The van der Waals surface area contributed by atoms with Gasteiger partial charge < -0.3 is 9.67 Å². The van der Waals surface area contributed by atoms with Gasteiger partial charge in [-0.2, -0.15) is 0 Å². The Labute approximate surface area is 118 Å². The molecular weight excluding hydrogens is 258 g/mol. The van der Waals surface area contributed by atoms with Crippen molar-refractivity contribution in [2.75, 3.05) is 0 Å². The maximum absolute atomic E-state index is 10.0. The summed E-state index contributed by atoms with van der Waals surface area (Å²) >= 11 is 5.94. The van der Waals surface area contributed by atoms with E-state index in [0.29, 0.717) is 0 Å². The first kappa shape index (κ1) is 12.8. The predicted octanol–water partition coefficient (Wildman–Crippen LogP) is 4.12. The second-order valence-electron chi connectivity index (χ2n) is 5.26. The minimum absolute atomic E-state index is 0.270. The zero-order chi connectivity index (χ0) is 13.4. The number of rotatable bonds is 2. The van der Waals surface area contributed by atoms with Crippen LogP contribution in [0.15, 0.2) is 36.5 Å². The number of fused-ring (bicyclic) bond motifs is 1. The molecule has 0 bridgehead atoms. The highest BCUT2D eigenvalue weighted by Gasteiger charge is 2.23. The first-order valence-corrected chi connectivity index (χ1v) is 7.18. The zero-order valence-corrected chi connectivity index (χ0v) is 11.8. The third-order valence-corrected chi connectivity index (χ3v) is 4.33. The fourth-order valence-electron chi connectivity index (χ4n) is 2.96. The Hall–Kier alpha value is -1.25. The molecule has 0 fully saturated rings. The third kappa shape index (κ3) is 2.31. The molecule has 0 aliphatic heterocycles. The maximum Gasteiger partial charge on any atom is 0.0807 e. The average molecular weight is 276 g/mol. The Morgan fingerprint density at radius 2 is 2.00 bits per heavy atom. The van der Waals surface area contributed by atoms with Crippen LogP contribution in [0.25, 0.3) is 0 Å². The molecule has 2 aromatic rings. The molecule has 0 saturated heterocycles. The number of nitrogens with zero attached hydrogens (tertiary/aromatic N) is 1. The summed E-state index contributed by atoms with van der Waals surface area (Å²) in [5.74, 6) is 0. The summed E-state index contributed by atoms with van der Waals surface area (Å²) < 4.78 is 2.28. The normalized spacial score (nSPS) is 20.1. The van der Waals surface area contributed by atoms with Crippen molar-refractivity contribution in [1.82, 2.24) is 4.57 Å². The van der Waals surface area contributed by atoms with E-state index < -0.39 is 0 Å². The Bertz CT molecular complexity index is 573. The van der Waals surface area contributed by atoms with E-state index in [0.717, 1.165) is 29.8 Å². The molecule has 0 amide bonds. The summed E-state index contributed by atoms with van der Waals surface area (Å²) in [7, 11) is 0. The van der Waals surface area contributed by atoms with Gasteiger partial charge in [0.2, 0.25) is 0 Å². The van der Waals surface area contributed by atoms with Crippen molar-refractivity contribution in [3.05, 3.63) is 58.4 Å². The lowest BCUT2D eigenvalue weighted by Gasteiger charge is -2.23. The van der Waals surface area contributed by atoms with Gasteiger partial charge in [0.25, 0.3) is 0 Å². The van der Waals surface area contributed by atoms with Gasteiger partial charge in [0.05, 0.1) is 12.1 Å². The van der Waals surface area contributed by atoms with Crippen LogP contribution in [-0.2, 0) is 6.42 Å². The highest BCUT2D eigenvalue weighted by Crippen LogP contribution is 2.33. The second kappa shape index (κ2) is 5.03. The smallest absolute Gasteiger partial charge is 0.0807 e. The molecule has 0 radical (unpaired) electrons. The van der Waals surface area contributed by atoms with Crippen LogP contribution in [0.4, 0.5) is 0 Å². The largest absolute Gasteiger partial charge is 0.388 e. The van der Waals surface area contributed by atoms with Gasteiger partial charge in [0.15, 0.2) is 0 Å². The van der Waals surface area contributed by atoms with Gasteiger partial charge in [-0.05, 0) is 49.9 Å². The first-order valence-electron chi connectivity index (χ1n) is 6.80. The van der Waals surface area contributed by atoms with Crippen LogP contribution in [0, 0.1) is 0 Å². The van der Waals surface area contributed by atoms with Crippen LogP contribution in [0.3, 0.4) is 0 Å². The zero-order valence-electron chi connectivity index (χ0n) is 11.0. The molecule has 2 unspecified atom stereocenters. The number of hydrogen-bond donors (Lipinski definition) is 1. The van der Waals surface area contributed by atoms with Crippen molar-refractivity contribution < 1.29 is 5.11 Å². The fourth-order valence-corrected chi connectivity index (χ4v) is 3.08. The van der Waals surface area contributed by atoms with E-state index in [1.165, 1.54) is 11.3 Å². The molecule has 100 valence electrons. The van der Waals surface area contributed by atoms with Crippen LogP contribution in [0.2, 0.25) is 5.02 Å². The van der Waals surface area contributed by atoms with Crippen LogP contribution < -0.4 is 0 Å². The Morgan fingerprint density at radius 1 is 1.26 bits per heavy atom. The highest BCUT2D eigenvalue weighted by atomic mass is 35.5. The number of aromatic nitrogens is 1. The Kier molecular flexibility index (Phi) is 3.38. The molecule has 19 heavy (non-hydrogen) atoms. The topological polar surface area (TPSA) is 25.2 Å². The lowest BCUT2D eigenvalue weighted by atomic mass is 9.95. The Balaban J connectivity index is 1.96. The van der Waals surface area contributed by atoms with E-state index in [1.54, 1.807) is 0 Å². The molecular formula is C16H18ClNO. The lowest BCUT2D eigenvalue weighted by molar-refractivity contribution is 0.155. The van der Waals surface area contributed by atoms with Gasteiger partial charge in [-0.15, -0.1) is 0 Å². The van der Waals surface area contributed by atoms with Gasteiger partial charge in [0.1, 0.15) is 0 Å². The second-order valence-corrected chi connectivity index (χ2v) is 5.70. The fraction of sp³-hybridized carbons (Fsp3) is 0.375. The third-order valence-electron chi connectivity index (χ3n) is 4.08. The van der Waals surface area contributed by atoms with Gasteiger partial charge in [0, 0.05) is 22.5 Å². The van der Waals surface area contributed by atoms with Crippen LogP contribution in [0.1, 0.15) is 48.7 Å². The molecule has 1 aromatic carbocycles. The predicted molar refractivity (Wildman–Crippen MR) is 77.6 cm³/mol. The standard InChI is InChI=1S/C16H18ClNO/c1-11(12-5-7-13(17)8-6-12)18-10-9-14-15(18)3-2-4-16(14)19/h5-11,16,19H,2-4H2,1H3. The SMILES string of the molecule is CC(c1ccc(Cl)cc1)n1ccc2c1CCCC2O. The van der Waals surface area contributed by atoms with Gasteiger partial charge in [-0.3, -0.25) is 0 Å². The van der Waals surface area contributed by atoms with E-state index in [1.807, 2.05) is 12.1 Å². The summed E-state index contributed by atoms with van der Waals surface area (Å²) in [6, 6.07) is 10.3. The van der Waals surface area contributed by atoms with E-state index >= 15 is 0 Å². The molecule has 1 N–H and O–H groups in total. The van der Waals surface area contributed by atoms with Crippen LogP contribution in [0.5, 0.6) is 0 Å². The molecule has 0 spiro atoms. The first-order chi connectivity index (χ1) is 9.16. The molecule has 1 heterocycles. The number of halogens is 1. The minimum atomic E-state index is -0.289. The summed E-state index contributed by atoms with van der Waals surface area (Å²) in [6.45, 7) is 2.19. The maximum atomic E-state index is 10.0. The van der Waals surface area contributed by atoms with Crippen molar-refractivity contribution in [2.24, 2.45) is 0 Å². The lowest BCUT2D eigenvalue weighted by Crippen LogP contribution is -2.15. The number of aliphatic hydroxyl groups is 1. The highest BCUT2D eigenvalue weighted by molar-refractivity contribution is 6.30. The van der Waals surface area contributed by atoms with E-state index in [2.05, 4.69) is 35.9 Å². The summed E-state index contributed by atoms with van der Waals surface area (Å²) in [5.41, 5.74) is 3.62. The van der Waals surface area contributed by atoms with Gasteiger partial charge >= 0.3 is 0 Å². The van der Waals surface area contributed by atoms with Crippen LogP contribution >= 0.6 is 11.6 Å². The number of benzene rings is 1. The molecule has 0 saturated carbocycles. The number of hydrogen-bond acceptors (Lipinski definition) is 1. The molecule has 1 aliphatic carbocycles. The molecule has 2 nitrogen and oxygen atoms in total. The molecule has 2 atom stereocenters. The minimum Gasteiger partial charge on any atom is -0.388 e. The van der Waals surface area contributed by atoms with Crippen molar-refractivity contribution >= 4 is 11.6 Å². The number of aliphatic hydroxyl groups excluding tert-OH is 1. The average Bonchev–Trinajstić information content (AvgIpc) is 2.84. The quantitative estimate of drug-likeness (QED) is 0.876. The molecule has 1 aliphatic rings. The molecule has 1 aromatic heterocycles. The monoisotopic (exact) mass is 275 g/mol. The summed E-state index contributed by atoms with van der Waals surface area (Å²) in [5, 5.41) is 10.8. The molecule has 3 heteroatoms. The van der Waals surface area contributed by atoms with E-state index in [4.69, 9.17) is 11.6 Å². The summed E-state index contributed by atoms with van der Waals surface area (Å²) in [4.78, 5) is 0. The van der Waals surface area contributed by atoms with Gasteiger partial charge in [-0.25, -0.2) is 0 Å². The molecule has 3 rings (SSSR count). The van der Waals surface area contributed by atoms with E-state index in [-0.39, 0.29) is 12.1 Å². The summed E-state index contributed by atoms with van der Waals surface area (Å²) in [6.07, 6.45) is 4.80. The van der Waals surface area contributed by atoms with Crippen LogP contribution in [-0.4, -0.2) is 9.67 Å². The Morgan fingerprint density at radius 3 is 2.74 bits per heavy atom. The van der Waals surface area contributed by atoms with Crippen molar-refractivity contribution in [3.63, 3.8) is 0 Å². The van der Waals surface area contributed by atoms with Crippen molar-refractivity contribution in [3.8, 4) is 0 Å². The van der Waals surface area contributed by atoms with Gasteiger partial charge in [-0.1, -0.05) is 23.7 Å². The van der Waals surface area contributed by atoms with E-state index in [9.17, 15) is 5.11 Å². The van der Waals surface area contributed by atoms with Crippen molar-refractivity contribution in [2.45, 2.75) is 38.3 Å². The van der Waals surface area contributed by atoms with Crippen molar-refractivity contribution in [1.29, 1.82) is 0 Å².